The van der Waals surface area contributed by atoms with Crippen LogP contribution in [-0.2, 0) is 15.5 Å². The fraction of sp³-hybridized carbons (Fsp3) is 0.400. The molecule has 0 spiro atoms. The van der Waals surface area contributed by atoms with Gasteiger partial charge in [0, 0.05) is 10.7 Å². The molecule has 0 aliphatic heterocycles. The van der Waals surface area contributed by atoms with E-state index in [0.29, 0.717) is 6.42 Å². The largest absolute Gasteiger partial charge is 0.232 e. The number of aryl methyl sites for hydroxylation is 3. The average Bonchev–Trinajstić information content (AvgIpc) is 2.05. The van der Waals surface area contributed by atoms with Crippen molar-refractivity contribution in [2.45, 2.75) is 20.3 Å². The minimum Gasteiger partial charge on any atom is -0.212 e. The van der Waals surface area contributed by atoms with Crippen LogP contribution in [0.4, 0.5) is 0 Å². The van der Waals surface area contributed by atoms with Crippen molar-refractivity contribution in [1.82, 2.24) is 0 Å². The van der Waals surface area contributed by atoms with Crippen LogP contribution in [0, 0.1) is 13.8 Å². The molecular weight excluding hydrogens is 220 g/mol. The SMILES string of the molecule is Cc1ccc(C)c(CCS(=O)(=O)Cl)c1. The van der Waals surface area contributed by atoms with Gasteiger partial charge >= 0.3 is 0 Å². The highest BCUT2D eigenvalue weighted by Gasteiger charge is 2.07. The van der Waals surface area contributed by atoms with Crippen molar-refractivity contribution >= 4 is 19.7 Å². The molecular formula is C10H13ClO2S. The van der Waals surface area contributed by atoms with E-state index in [1.807, 2.05) is 32.0 Å². The number of halogens is 1. The van der Waals surface area contributed by atoms with Crippen molar-refractivity contribution in [3.05, 3.63) is 34.9 Å². The Morgan fingerprint density at radius 3 is 2.50 bits per heavy atom. The second kappa shape index (κ2) is 4.32. The van der Waals surface area contributed by atoms with Gasteiger partial charge in [0.1, 0.15) is 0 Å². The highest BCUT2D eigenvalue weighted by molar-refractivity contribution is 8.13. The molecule has 1 aromatic carbocycles. The quantitative estimate of drug-likeness (QED) is 0.751. The van der Waals surface area contributed by atoms with Gasteiger partial charge in [0.15, 0.2) is 0 Å². The van der Waals surface area contributed by atoms with Crippen LogP contribution >= 0.6 is 10.7 Å². The Morgan fingerprint density at radius 2 is 1.93 bits per heavy atom. The van der Waals surface area contributed by atoms with Crippen LogP contribution in [0.25, 0.3) is 0 Å². The lowest BCUT2D eigenvalue weighted by Gasteiger charge is -2.05. The summed E-state index contributed by atoms with van der Waals surface area (Å²) in [6, 6.07) is 6.00. The lowest BCUT2D eigenvalue weighted by molar-refractivity contribution is 0.609. The molecule has 2 nitrogen and oxygen atoms in total. The summed E-state index contributed by atoms with van der Waals surface area (Å²) in [4.78, 5) is 0. The zero-order chi connectivity index (χ0) is 10.8. The number of hydrogen-bond acceptors (Lipinski definition) is 2. The third kappa shape index (κ3) is 3.68. The van der Waals surface area contributed by atoms with Crippen LogP contribution in [-0.4, -0.2) is 14.2 Å². The third-order valence-corrected chi connectivity index (χ3v) is 3.27. The summed E-state index contributed by atoms with van der Waals surface area (Å²) in [6.45, 7) is 3.95. The monoisotopic (exact) mass is 232 g/mol. The van der Waals surface area contributed by atoms with Gasteiger partial charge in [-0.05, 0) is 31.4 Å². The molecule has 78 valence electrons. The van der Waals surface area contributed by atoms with E-state index in [1.165, 1.54) is 0 Å². The van der Waals surface area contributed by atoms with E-state index in [4.69, 9.17) is 10.7 Å². The zero-order valence-corrected chi connectivity index (χ0v) is 9.82. The van der Waals surface area contributed by atoms with Crippen molar-refractivity contribution in [2.75, 3.05) is 5.75 Å². The maximum Gasteiger partial charge on any atom is 0.232 e. The first-order valence-electron chi connectivity index (χ1n) is 4.37. The summed E-state index contributed by atoms with van der Waals surface area (Å²) in [6.07, 6.45) is 0.485. The molecule has 0 radical (unpaired) electrons. The maximum absolute atomic E-state index is 10.8. The lowest BCUT2D eigenvalue weighted by atomic mass is 10.0. The van der Waals surface area contributed by atoms with E-state index in [9.17, 15) is 8.42 Å². The normalized spacial score (nSPS) is 11.6. The lowest BCUT2D eigenvalue weighted by Crippen LogP contribution is -2.02. The number of rotatable bonds is 3. The van der Waals surface area contributed by atoms with Gasteiger partial charge in [0.2, 0.25) is 9.05 Å². The standard InChI is InChI=1S/C10H13ClO2S/c1-8-3-4-9(2)10(7-8)5-6-14(11,12)13/h3-4,7H,5-6H2,1-2H3. The minimum atomic E-state index is -3.38. The van der Waals surface area contributed by atoms with Crippen LogP contribution in [0.2, 0.25) is 0 Å². The Morgan fingerprint density at radius 1 is 1.29 bits per heavy atom. The number of hydrogen-bond donors (Lipinski definition) is 0. The molecule has 0 amide bonds. The van der Waals surface area contributed by atoms with E-state index in [1.54, 1.807) is 0 Å². The van der Waals surface area contributed by atoms with Gasteiger partial charge in [-0.2, -0.15) is 0 Å². The van der Waals surface area contributed by atoms with E-state index in [0.717, 1.165) is 16.7 Å². The number of benzene rings is 1. The molecule has 0 heterocycles. The molecule has 0 aliphatic rings. The van der Waals surface area contributed by atoms with Crippen LogP contribution in [0.5, 0.6) is 0 Å². The highest BCUT2D eigenvalue weighted by Crippen LogP contribution is 2.12. The second-order valence-electron chi connectivity index (χ2n) is 3.42. The van der Waals surface area contributed by atoms with Gasteiger partial charge in [-0.15, -0.1) is 0 Å². The predicted octanol–water partition coefficient (Wildman–Crippen LogP) is 2.41. The molecule has 0 saturated heterocycles. The van der Waals surface area contributed by atoms with E-state index in [2.05, 4.69) is 0 Å². The Kier molecular flexibility index (Phi) is 3.56. The van der Waals surface area contributed by atoms with Crippen molar-refractivity contribution in [2.24, 2.45) is 0 Å². The average molecular weight is 233 g/mol. The molecule has 14 heavy (non-hydrogen) atoms. The molecule has 0 fully saturated rings. The van der Waals surface area contributed by atoms with Crippen molar-refractivity contribution in [3.8, 4) is 0 Å². The van der Waals surface area contributed by atoms with Gasteiger partial charge in [0.05, 0.1) is 5.75 Å². The van der Waals surface area contributed by atoms with Gasteiger partial charge in [-0.3, -0.25) is 0 Å². The topological polar surface area (TPSA) is 34.1 Å². The summed E-state index contributed by atoms with van der Waals surface area (Å²) >= 11 is 0. The van der Waals surface area contributed by atoms with Crippen molar-refractivity contribution in [1.29, 1.82) is 0 Å². The fourth-order valence-corrected chi connectivity index (χ4v) is 2.00. The van der Waals surface area contributed by atoms with Gasteiger partial charge in [0.25, 0.3) is 0 Å². The zero-order valence-electron chi connectivity index (χ0n) is 8.25. The molecule has 1 aromatic rings. The van der Waals surface area contributed by atoms with Crippen LogP contribution in [0.1, 0.15) is 16.7 Å². The molecule has 0 atom stereocenters. The first-order valence-corrected chi connectivity index (χ1v) is 6.85. The van der Waals surface area contributed by atoms with Gasteiger partial charge in [-0.25, -0.2) is 8.42 Å². The summed E-state index contributed by atoms with van der Waals surface area (Å²) < 4.78 is 21.5. The van der Waals surface area contributed by atoms with E-state index < -0.39 is 9.05 Å². The maximum atomic E-state index is 10.8. The molecule has 0 N–H and O–H groups in total. The van der Waals surface area contributed by atoms with E-state index in [-0.39, 0.29) is 5.75 Å². The highest BCUT2D eigenvalue weighted by atomic mass is 35.7. The van der Waals surface area contributed by atoms with Crippen molar-refractivity contribution < 1.29 is 8.42 Å². The minimum absolute atomic E-state index is 0.00114. The molecule has 4 heteroatoms. The van der Waals surface area contributed by atoms with Crippen LogP contribution < -0.4 is 0 Å². The smallest absolute Gasteiger partial charge is 0.212 e. The van der Waals surface area contributed by atoms with Crippen LogP contribution in [0.3, 0.4) is 0 Å². The Balaban J connectivity index is 2.81. The van der Waals surface area contributed by atoms with Crippen molar-refractivity contribution in [3.63, 3.8) is 0 Å². The molecule has 0 saturated carbocycles. The van der Waals surface area contributed by atoms with E-state index >= 15 is 0 Å². The summed E-state index contributed by atoms with van der Waals surface area (Å²) in [5, 5.41) is 0. The predicted molar refractivity (Wildman–Crippen MR) is 59.3 cm³/mol. The Hall–Kier alpha value is -0.540. The molecule has 0 aliphatic carbocycles. The Labute approximate surface area is 89.3 Å². The molecule has 0 unspecified atom stereocenters. The second-order valence-corrected chi connectivity index (χ2v) is 6.32. The summed E-state index contributed by atoms with van der Waals surface area (Å²) in [5.41, 5.74) is 3.29. The Bertz CT molecular complexity index is 424. The third-order valence-electron chi connectivity index (χ3n) is 2.12. The fourth-order valence-electron chi connectivity index (χ4n) is 1.30. The molecule has 1 rings (SSSR count). The summed E-state index contributed by atoms with van der Waals surface area (Å²) in [5.74, 6) is -0.00114. The molecule has 0 aromatic heterocycles. The van der Waals surface area contributed by atoms with Crippen LogP contribution in [0.15, 0.2) is 18.2 Å². The first kappa shape index (κ1) is 11.5. The first-order chi connectivity index (χ1) is 6.38. The van der Waals surface area contributed by atoms with Gasteiger partial charge < -0.3 is 0 Å². The molecule has 0 bridgehead atoms. The summed E-state index contributed by atoms with van der Waals surface area (Å²) in [7, 11) is 1.77. The van der Waals surface area contributed by atoms with Gasteiger partial charge in [-0.1, -0.05) is 23.8 Å².